The monoisotopic (exact) mass is 277 g/mol. The maximum atomic E-state index is 12.3. The first kappa shape index (κ1) is 14.5. The molecule has 0 radical (unpaired) electrons. The molecule has 0 aliphatic rings. The van der Waals surface area contributed by atoms with Crippen LogP contribution in [0.15, 0.2) is 24.3 Å². The average molecular weight is 277 g/mol. The minimum absolute atomic E-state index is 0.00271. The van der Waals surface area contributed by atoms with Crippen molar-refractivity contribution in [3.05, 3.63) is 30.0 Å². The van der Waals surface area contributed by atoms with Crippen LogP contribution in [0.25, 0.3) is 10.9 Å². The molecule has 2 N–H and O–H groups in total. The van der Waals surface area contributed by atoms with Gasteiger partial charge in [0.05, 0.1) is 18.2 Å². The molecule has 0 aliphatic heterocycles. The predicted molar refractivity (Wildman–Crippen MR) is 75.5 cm³/mol. The summed E-state index contributed by atoms with van der Waals surface area (Å²) in [7, 11) is 3.37. The summed E-state index contributed by atoms with van der Waals surface area (Å²) in [6.07, 6.45) is 0.449. The van der Waals surface area contributed by atoms with Gasteiger partial charge in [0.2, 0.25) is 0 Å². The van der Waals surface area contributed by atoms with Crippen LogP contribution >= 0.6 is 0 Å². The molecule has 1 atom stereocenters. The molecular weight excluding hydrogens is 258 g/mol. The molecule has 20 heavy (non-hydrogen) atoms. The highest BCUT2D eigenvalue weighted by molar-refractivity contribution is 6.04. The molecule has 1 aromatic carbocycles. The van der Waals surface area contributed by atoms with Gasteiger partial charge in [-0.1, -0.05) is 18.2 Å². The second kappa shape index (κ2) is 6.49. The van der Waals surface area contributed by atoms with Crippen molar-refractivity contribution in [3.63, 3.8) is 0 Å². The first-order chi connectivity index (χ1) is 9.67. The van der Waals surface area contributed by atoms with Crippen LogP contribution in [0.2, 0.25) is 0 Å². The Kier molecular flexibility index (Phi) is 4.70. The number of aliphatic hydroxyl groups is 1. The highest BCUT2D eigenvalue weighted by Crippen LogP contribution is 2.17. The topological polar surface area (TPSA) is 76.4 Å². The van der Waals surface area contributed by atoms with Crippen molar-refractivity contribution in [1.29, 1.82) is 0 Å². The summed E-state index contributed by atoms with van der Waals surface area (Å²) in [5.41, 5.74) is 1.30. The fraction of sp³-hybridized carbons (Fsp3) is 0.429. The molecule has 1 amide bonds. The second-order valence-corrected chi connectivity index (χ2v) is 4.63. The van der Waals surface area contributed by atoms with E-state index in [1.807, 2.05) is 24.3 Å². The number of carbonyl (C=O) groups is 1. The van der Waals surface area contributed by atoms with Crippen LogP contribution in [0.5, 0.6) is 0 Å². The van der Waals surface area contributed by atoms with Crippen molar-refractivity contribution in [2.24, 2.45) is 7.05 Å². The van der Waals surface area contributed by atoms with Gasteiger partial charge < -0.3 is 15.2 Å². The number of fused-ring (bicyclic) bond motifs is 1. The van der Waals surface area contributed by atoms with Gasteiger partial charge in [0.25, 0.3) is 5.91 Å². The summed E-state index contributed by atoms with van der Waals surface area (Å²) in [4.78, 5) is 12.3. The molecular formula is C14H19N3O3. The van der Waals surface area contributed by atoms with E-state index < -0.39 is 0 Å². The molecule has 2 aromatic rings. The standard InChI is InChI=1S/C14H19N3O3/c1-17-12-6-4-3-5-11(12)13(16-17)14(19)15-10(7-8-18)9-20-2/h3-6,10,18H,7-9H2,1-2H3,(H,15,19). The van der Waals surface area contributed by atoms with E-state index in [-0.39, 0.29) is 18.6 Å². The Bertz CT molecular complexity index is 588. The number of benzene rings is 1. The van der Waals surface area contributed by atoms with Crippen molar-refractivity contribution in [1.82, 2.24) is 15.1 Å². The molecule has 0 bridgehead atoms. The fourth-order valence-corrected chi connectivity index (χ4v) is 2.19. The number of rotatable bonds is 6. The summed E-state index contributed by atoms with van der Waals surface area (Å²) in [6.45, 7) is 0.355. The summed E-state index contributed by atoms with van der Waals surface area (Å²) in [5, 5.41) is 16.9. The Morgan fingerprint density at radius 1 is 1.50 bits per heavy atom. The molecule has 6 heteroatoms. The molecule has 0 aliphatic carbocycles. The number of nitrogens with one attached hydrogen (secondary N) is 1. The summed E-state index contributed by atoms with van der Waals surface area (Å²) < 4.78 is 6.72. The molecule has 1 aromatic heterocycles. The van der Waals surface area contributed by atoms with Gasteiger partial charge in [-0.3, -0.25) is 9.48 Å². The summed E-state index contributed by atoms with van der Waals surface area (Å²) in [5.74, 6) is -0.252. The Morgan fingerprint density at radius 3 is 2.95 bits per heavy atom. The van der Waals surface area contributed by atoms with E-state index in [9.17, 15) is 4.79 Å². The van der Waals surface area contributed by atoms with E-state index in [1.165, 1.54) is 0 Å². The third-order valence-electron chi connectivity index (χ3n) is 3.15. The van der Waals surface area contributed by atoms with Crippen LogP contribution in [0.3, 0.4) is 0 Å². The smallest absolute Gasteiger partial charge is 0.272 e. The SMILES string of the molecule is COCC(CCO)NC(=O)c1nn(C)c2ccccc12. The lowest BCUT2D eigenvalue weighted by atomic mass is 10.2. The number of ether oxygens (including phenoxy) is 1. The van der Waals surface area contributed by atoms with E-state index in [4.69, 9.17) is 9.84 Å². The number of carbonyl (C=O) groups excluding carboxylic acids is 1. The Morgan fingerprint density at radius 2 is 2.25 bits per heavy atom. The summed E-state index contributed by atoms with van der Waals surface area (Å²) >= 11 is 0. The van der Waals surface area contributed by atoms with Gasteiger partial charge >= 0.3 is 0 Å². The fourth-order valence-electron chi connectivity index (χ4n) is 2.19. The van der Waals surface area contributed by atoms with Gasteiger partial charge in [-0.2, -0.15) is 5.10 Å². The van der Waals surface area contributed by atoms with E-state index in [2.05, 4.69) is 10.4 Å². The van der Waals surface area contributed by atoms with Crippen LogP contribution in [-0.4, -0.2) is 47.2 Å². The highest BCUT2D eigenvalue weighted by Gasteiger charge is 2.19. The van der Waals surface area contributed by atoms with Gasteiger partial charge in [-0.25, -0.2) is 0 Å². The van der Waals surface area contributed by atoms with Gasteiger partial charge in [0.1, 0.15) is 0 Å². The van der Waals surface area contributed by atoms with Crippen molar-refractivity contribution in [2.75, 3.05) is 20.3 Å². The largest absolute Gasteiger partial charge is 0.396 e. The minimum Gasteiger partial charge on any atom is -0.396 e. The minimum atomic E-state index is -0.252. The number of nitrogens with zero attached hydrogens (tertiary/aromatic N) is 2. The van der Waals surface area contributed by atoms with Gasteiger partial charge in [0.15, 0.2) is 5.69 Å². The van der Waals surface area contributed by atoms with Gasteiger partial charge in [-0.05, 0) is 12.5 Å². The van der Waals surface area contributed by atoms with Gasteiger partial charge in [-0.15, -0.1) is 0 Å². The van der Waals surface area contributed by atoms with E-state index >= 15 is 0 Å². The number of aryl methyl sites for hydroxylation is 1. The molecule has 0 fully saturated rings. The molecule has 0 saturated heterocycles. The average Bonchev–Trinajstić information content (AvgIpc) is 2.77. The Hall–Kier alpha value is -1.92. The lowest BCUT2D eigenvalue weighted by Crippen LogP contribution is -2.39. The molecule has 1 unspecified atom stereocenters. The third-order valence-corrected chi connectivity index (χ3v) is 3.15. The molecule has 1 heterocycles. The van der Waals surface area contributed by atoms with Crippen molar-refractivity contribution in [3.8, 4) is 0 Å². The number of para-hydroxylation sites is 1. The first-order valence-electron chi connectivity index (χ1n) is 6.49. The number of aliphatic hydroxyl groups excluding tert-OH is 1. The molecule has 6 nitrogen and oxygen atoms in total. The predicted octanol–water partition coefficient (Wildman–Crippen LogP) is 0.700. The third kappa shape index (κ3) is 2.97. The van der Waals surface area contributed by atoms with Crippen molar-refractivity contribution < 1.29 is 14.6 Å². The Balaban J connectivity index is 2.22. The van der Waals surface area contributed by atoms with Crippen LogP contribution in [0.4, 0.5) is 0 Å². The number of hydrogen-bond donors (Lipinski definition) is 2. The number of hydrogen-bond acceptors (Lipinski definition) is 4. The zero-order valence-corrected chi connectivity index (χ0v) is 11.7. The summed E-state index contributed by atoms with van der Waals surface area (Å²) in [6, 6.07) is 7.35. The first-order valence-corrected chi connectivity index (χ1v) is 6.49. The maximum Gasteiger partial charge on any atom is 0.272 e. The van der Waals surface area contributed by atoms with E-state index in [1.54, 1.807) is 18.8 Å². The zero-order chi connectivity index (χ0) is 14.5. The zero-order valence-electron chi connectivity index (χ0n) is 11.7. The Labute approximate surface area is 117 Å². The van der Waals surface area contributed by atoms with E-state index in [0.29, 0.717) is 18.7 Å². The molecule has 108 valence electrons. The van der Waals surface area contributed by atoms with E-state index in [0.717, 1.165) is 10.9 Å². The number of amides is 1. The molecule has 0 saturated carbocycles. The normalized spacial score (nSPS) is 12.6. The number of aromatic nitrogens is 2. The lowest BCUT2D eigenvalue weighted by molar-refractivity contribution is 0.0874. The van der Waals surface area contributed by atoms with Gasteiger partial charge in [0, 0.05) is 26.2 Å². The lowest BCUT2D eigenvalue weighted by Gasteiger charge is -2.16. The van der Waals surface area contributed by atoms with Crippen molar-refractivity contribution in [2.45, 2.75) is 12.5 Å². The quantitative estimate of drug-likeness (QED) is 0.815. The second-order valence-electron chi connectivity index (χ2n) is 4.63. The molecule has 2 rings (SSSR count). The van der Waals surface area contributed by atoms with Crippen LogP contribution in [0, 0.1) is 0 Å². The van der Waals surface area contributed by atoms with Crippen LogP contribution in [0.1, 0.15) is 16.9 Å². The van der Waals surface area contributed by atoms with Crippen LogP contribution < -0.4 is 5.32 Å². The maximum absolute atomic E-state index is 12.3. The molecule has 0 spiro atoms. The van der Waals surface area contributed by atoms with Crippen LogP contribution in [-0.2, 0) is 11.8 Å². The highest BCUT2D eigenvalue weighted by atomic mass is 16.5. The number of methoxy groups -OCH3 is 1. The van der Waals surface area contributed by atoms with Crippen molar-refractivity contribution >= 4 is 16.8 Å².